The van der Waals surface area contributed by atoms with Crippen molar-refractivity contribution in [3.63, 3.8) is 0 Å². The summed E-state index contributed by atoms with van der Waals surface area (Å²) in [6.45, 7) is 0. The van der Waals surface area contributed by atoms with Crippen LogP contribution in [0.4, 0.5) is 18.9 Å². The van der Waals surface area contributed by atoms with Crippen LogP contribution in [-0.2, 0) is 10.0 Å². The summed E-state index contributed by atoms with van der Waals surface area (Å²) in [6.07, 6.45) is -0.474. The molecule has 0 radical (unpaired) electrons. The predicted octanol–water partition coefficient (Wildman–Crippen LogP) is 4.73. The molecule has 6 nitrogen and oxygen atoms in total. The third kappa shape index (κ3) is 5.22. The second kappa shape index (κ2) is 8.80. The number of para-hydroxylation sites is 1. The van der Waals surface area contributed by atoms with Crippen LogP contribution in [-0.4, -0.2) is 24.7 Å². The van der Waals surface area contributed by atoms with Gasteiger partial charge < -0.3 is 4.74 Å². The van der Waals surface area contributed by atoms with E-state index in [4.69, 9.17) is 0 Å². The van der Waals surface area contributed by atoms with Gasteiger partial charge in [0, 0.05) is 35.1 Å². The van der Waals surface area contributed by atoms with E-state index >= 15 is 0 Å². The van der Waals surface area contributed by atoms with Gasteiger partial charge in [-0.2, -0.15) is 0 Å². The second-order valence-electron chi connectivity index (χ2n) is 6.65. The maximum absolute atomic E-state index is 13.2. The number of ether oxygens (including phenoxy) is 1. The van der Waals surface area contributed by atoms with Crippen molar-refractivity contribution in [3.8, 4) is 17.6 Å². The number of nitrogens with one attached hydrogen (secondary N) is 1. The largest absolute Gasteiger partial charge is 0.573 e. The highest BCUT2D eigenvalue weighted by molar-refractivity contribution is 7.93. The van der Waals surface area contributed by atoms with Crippen LogP contribution in [0.1, 0.15) is 11.1 Å². The fourth-order valence-electron chi connectivity index (χ4n) is 3.01. The molecule has 2 aromatic carbocycles. The van der Waals surface area contributed by atoms with Gasteiger partial charge in [0.2, 0.25) is 0 Å². The van der Waals surface area contributed by atoms with Crippen LogP contribution in [0.2, 0.25) is 0 Å². The Bertz CT molecular complexity index is 1480. The zero-order valence-electron chi connectivity index (χ0n) is 16.7. The summed E-state index contributed by atoms with van der Waals surface area (Å²) in [5, 5.41) is -0.0950. The first-order chi connectivity index (χ1) is 15.7. The van der Waals surface area contributed by atoms with Crippen molar-refractivity contribution < 1.29 is 26.3 Å². The molecular weight excluding hydrogens is 455 g/mol. The van der Waals surface area contributed by atoms with Crippen molar-refractivity contribution in [2.45, 2.75) is 11.3 Å². The Balaban J connectivity index is 1.73. The lowest BCUT2D eigenvalue weighted by Crippen LogP contribution is -2.18. The van der Waals surface area contributed by atoms with E-state index in [9.17, 15) is 21.6 Å². The van der Waals surface area contributed by atoms with Gasteiger partial charge in [-0.25, -0.2) is 8.42 Å². The number of rotatable bonds is 4. The lowest BCUT2D eigenvalue weighted by molar-refractivity contribution is -0.274. The van der Waals surface area contributed by atoms with Crippen molar-refractivity contribution in [3.05, 3.63) is 90.4 Å². The molecule has 1 N–H and O–H groups in total. The van der Waals surface area contributed by atoms with Crippen LogP contribution >= 0.6 is 0 Å². The predicted molar refractivity (Wildman–Crippen MR) is 116 cm³/mol. The third-order valence-electron chi connectivity index (χ3n) is 4.38. The van der Waals surface area contributed by atoms with E-state index in [1.54, 1.807) is 42.7 Å². The number of alkyl halides is 3. The van der Waals surface area contributed by atoms with Crippen molar-refractivity contribution in [2.75, 3.05) is 4.72 Å². The molecule has 0 unspecified atom stereocenters. The molecule has 0 bridgehead atoms. The SMILES string of the molecule is O=S(=O)(Nc1ccccc1C#Cc1cccnc1)c1ccc(OC(F)(F)F)c2cccnc12. The minimum atomic E-state index is -4.94. The molecule has 33 heavy (non-hydrogen) atoms. The molecule has 0 aliphatic carbocycles. The number of hydrogen-bond acceptors (Lipinski definition) is 5. The molecule has 0 spiro atoms. The Morgan fingerprint density at radius 2 is 1.70 bits per heavy atom. The fourth-order valence-corrected chi connectivity index (χ4v) is 4.25. The van der Waals surface area contributed by atoms with E-state index < -0.39 is 22.1 Å². The van der Waals surface area contributed by atoms with Crippen molar-refractivity contribution in [1.29, 1.82) is 0 Å². The highest BCUT2D eigenvalue weighted by Crippen LogP contribution is 2.34. The van der Waals surface area contributed by atoms with E-state index in [1.807, 2.05) is 0 Å². The molecule has 0 saturated heterocycles. The van der Waals surface area contributed by atoms with E-state index in [2.05, 4.69) is 31.3 Å². The zero-order chi connectivity index (χ0) is 23.5. The maximum Gasteiger partial charge on any atom is 0.573 e. The Kier molecular flexibility index (Phi) is 5.89. The summed E-state index contributed by atoms with van der Waals surface area (Å²) in [7, 11) is -4.24. The van der Waals surface area contributed by atoms with E-state index in [0.29, 0.717) is 11.1 Å². The molecule has 0 atom stereocenters. The number of hydrogen-bond donors (Lipinski definition) is 1. The number of fused-ring (bicyclic) bond motifs is 1. The summed E-state index contributed by atoms with van der Waals surface area (Å²) < 4.78 is 71.0. The molecule has 0 aliphatic heterocycles. The van der Waals surface area contributed by atoms with Gasteiger partial charge in [-0.3, -0.25) is 14.7 Å². The second-order valence-corrected chi connectivity index (χ2v) is 8.30. The summed E-state index contributed by atoms with van der Waals surface area (Å²) in [5.41, 5.74) is 1.09. The summed E-state index contributed by atoms with van der Waals surface area (Å²) in [5.74, 6) is 5.25. The molecule has 2 aromatic heterocycles. The van der Waals surface area contributed by atoms with Gasteiger partial charge in [0.1, 0.15) is 10.6 Å². The van der Waals surface area contributed by atoms with Gasteiger partial charge in [0.15, 0.2) is 0 Å². The molecule has 0 fully saturated rings. The Morgan fingerprint density at radius 1 is 0.909 bits per heavy atom. The molecule has 0 aliphatic rings. The van der Waals surface area contributed by atoms with Gasteiger partial charge in [0.05, 0.1) is 11.2 Å². The van der Waals surface area contributed by atoms with Gasteiger partial charge in [-0.15, -0.1) is 13.2 Å². The molecule has 4 aromatic rings. The normalized spacial score (nSPS) is 11.5. The quantitative estimate of drug-likeness (QED) is 0.437. The molecule has 2 heterocycles. The van der Waals surface area contributed by atoms with E-state index in [0.717, 1.165) is 12.1 Å². The van der Waals surface area contributed by atoms with Crippen LogP contribution in [0.25, 0.3) is 10.9 Å². The number of sulfonamides is 1. The average Bonchev–Trinajstić information content (AvgIpc) is 2.78. The summed E-state index contributed by atoms with van der Waals surface area (Å²) in [6, 6.07) is 14.6. The maximum atomic E-state index is 13.2. The van der Waals surface area contributed by atoms with Crippen LogP contribution in [0.5, 0.6) is 5.75 Å². The number of nitrogens with zero attached hydrogens (tertiary/aromatic N) is 2. The first-order valence-electron chi connectivity index (χ1n) is 9.40. The van der Waals surface area contributed by atoms with Crippen molar-refractivity contribution in [2.24, 2.45) is 0 Å². The Labute approximate surface area is 187 Å². The minimum absolute atomic E-state index is 0.0950. The fraction of sp³-hybridized carbons (Fsp3) is 0.0435. The Morgan fingerprint density at radius 3 is 2.45 bits per heavy atom. The highest BCUT2D eigenvalue weighted by Gasteiger charge is 2.32. The first kappa shape index (κ1) is 22.1. The van der Waals surface area contributed by atoms with Crippen molar-refractivity contribution in [1.82, 2.24) is 9.97 Å². The van der Waals surface area contributed by atoms with Gasteiger partial charge in [-0.05, 0) is 48.5 Å². The van der Waals surface area contributed by atoms with E-state index in [-0.39, 0.29) is 21.5 Å². The number of halogens is 3. The standard InChI is InChI=1S/C23H14F3N3O3S/c24-23(25,26)32-20-11-12-21(22-18(20)7-4-14-28-22)33(30,31)29-19-8-2-1-6-17(19)10-9-16-5-3-13-27-15-16/h1-8,11-15,29H. The van der Waals surface area contributed by atoms with Crippen LogP contribution in [0.15, 0.2) is 84.1 Å². The van der Waals surface area contributed by atoms with Crippen LogP contribution in [0, 0.1) is 11.8 Å². The third-order valence-corrected chi connectivity index (χ3v) is 5.78. The molecule has 10 heteroatoms. The van der Waals surface area contributed by atoms with Gasteiger partial charge >= 0.3 is 6.36 Å². The minimum Gasteiger partial charge on any atom is -0.405 e. The van der Waals surface area contributed by atoms with Gasteiger partial charge in [0.25, 0.3) is 10.0 Å². The number of anilines is 1. The lowest BCUT2D eigenvalue weighted by Gasteiger charge is -2.14. The van der Waals surface area contributed by atoms with Gasteiger partial charge in [-0.1, -0.05) is 24.0 Å². The molecule has 0 amide bonds. The van der Waals surface area contributed by atoms with Crippen LogP contribution in [0.3, 0.4) is 0 Å². The number of aromatic nitrogens is 2. The highest BCUT2D eigenvalue weighted by atomic mass is 32.2. The molecule has 166 valence electrons. The molecular formula is C23H14F3N3O3S. The van der Waals surface area contributed by atoms with Crippen molar-refractivity contribution >= 4 is 26.6 Å². The van der Waals surface area contributed by atoms with E-state index in [1.165, 1.54) is 24.4 Å². The summed E-state index contributed by atoms with van der Waals surface area (Å²) in [4.78, 5) is 7.65. The summed E-state index contributed by atoms with van der Waals surface area (Å²) >= 11 is 0. The lowest BCUT2D eigenvalue weighted by atomic mass is 10.2. The number of benzene rings is 2. The molecule has 4 rings (SSSR count). The Hall–Kier alpha value is -4.10. The van der Waals surface area contributed by atoms with Crippen LogP contribution < -0.4 is 9.46 Å². The smallest absolute Gasteiger partial charge is 0.405 e. The topological polar surface area (TPSA) is 81.2 Å². The average molecular weight is 469 g/mol. The number of pyridine rings is 2. The zero-order valence-corrected chi connectivity index (χ0v) is 17.5. The first-order valence-corrected chi connectivity index (χ1v) is 10.9. The molecule has 0 saturated carbocycles. The monoisotopic (exact) mass is 469 g/mol.